The highest BCUT2D eigenvalue weighted by Gasteiger charge is 2.26. The lowest BCUT2D eigenvalue weighted by Gasteiger charge is -2.21. The van der Waals surface area contributed by atoms with Crippen molar-refractivity contribution in [3.8, 4) is 23.0 Å². The van der Waals surface area contributed by atoms with E-state index in [2.05, 4.69) is 38.2 Å². The lowest BCUT2D eigenvalue weighted by Crippen LogP contribution is -2.16. The molecule has 1 saturated carbocycles. The summed E-state index contributed by atoms with van der Waals surface area (Å²) in [6.07, 6.45) is 11.3. The molecule has 0 spiro atoms. The van der Waals surface area contributed by atoms with Gasteiger partial charge >= 0.3 is 0 Å². The van der Waals surface area contributed by atoms with Crippen molar-refractivity contribution in [1.82, 2.24) is 0 Å². The van der Waals surface area contributed by atoms with E-state index in [1.54, 1.807) is 34.5 Å². The number of amides is 1. The van der Waals surface area contributed by atoms with E-state index < -0.39 is 0 Å². The molecule has 0 aliphatic heterocycles. The molecule has 2 aromatic rings. The SMILES string of the molecule is COCOc1cc(C(=O)Nc2cc(OC)cc(OC)c2C/C=C(\C)CCC=C(C)C)cc(C2CCCC2)c1OCOC. The number of carbonyl (C=O) groups is 1. The smallest absolute Gasteiger partial charge is 0.255 e. The van der Waals surface area contributed by atoms with Crippen LogP contribution in [0.4, 0.5) is 5.69 Å². The van der Waals surface area contributed by atoms with Crippen LogP contribution in [-0.2, 0) is 15.9 Å². The lowest BCUT2D eigenvalue weighted by atomic mass is 9.94. The van der Waals surface area contributed by atoms with Crippen molar-refractivity contribution in [2.75, 3.05) is 47.3 Å². The van der Waals surface area contributed by atoms with Gasteiger partial charge in [0.1, 0.15) is 11.5 Å². The number of carbonyl (C=O) groups excluding carboxylic acids is 1. The first-order valence-electron chi connectivity index (χ1n) is 14.6. The summed E-state index contributed by atoms with van der Waals surface area (Å²) < 4.78 is 33.5. The molecule has 3 rings (SSSR count). The maximum atomic E-state index is 13.9. The fourth-order valence-electron chi connectivity index (χ4n) is 5.20. The van der Waals surface area contributed by atoms with Crippen LogP contribution in [0.3, 0.4) is 0 Å². The van der Waals surface area contributed by atoms with Gasteiger partial charge in [-0.25, -0.2) is 0 Å². The summed E-state index contributed by atoms with van der Waals surface area (Å²) in [4.78, 5) is 13.9. The summed E-state index contributed by atoms with van der Waals surface area (Å²) in [5.74, 6) is 2.28. The summed E-state index contributed by atoms with van der Waals surface area (Å²) in [5, 5.41) is 3.13. The van der Waals surface area contributed by atoms with Gasteiger partial charge in [-0.3, -0.25) is 4.79 Å². The monoisotopic (exact) mass is 581 g/mol. The Morgan fingerprint density at radius 1 is 0.881 bits per heavy atom. The zero-order valence-electron chi connectivity index (χ0n) is 26.3. The molecule has 0 heterocycles. The molecule has 8 heteroatoms. The Balaban J connectivity index is 1.99. The number of hydrogen-bond acceptors (Lipinski definition) is 7. The van der Waals surface area contributed by atoms with Crippen LogP contribution in [0, 0.1) is 0 Å². The molecule has 0 aromatic heterocycles. The minimum Gasteiger partial charge on any atom is -0.497 e. The topological polar surface area (TPSA) is 84.5 Å². The van der Waals surface area contributed by atoms with Gasteiger partial charge in [0.25, 0.3) is 5.91 Å². The van der Waals surface area contributed by atoms with Crippen molar-refractivity contribution < 1.29 is 33.2 Å². The highest BCUT2D eigenvalue weighted by atomic mass is 16.7. The van der Waals surface area contributed by atoms with Gasteiger partial charge in [-0.15, -0.1) is 0 Å². The van der Waals surface area contributed by atoms with Gasteiger partial charge < -0.3 is 33.7 Å². The highest BCUT2D eigenvalue weighted by Crippen LogP contribution is 2.44. The Labute approximate surface area is 251 Å². The standard InChI is InChI=1S/C34H47NO7/c1-23(2)11-10-12-24(3)15-16-28-30(19-27(39-6)20-31(28)40-7)35-34(36)26-17-29(25-13-8-9-14-25)33(42-22-38-5)32(18-26)41-21-37-4/h11,15,17-20,25H,8-10,12-14,16,21-22H2,1-7H3,(H,35,36)/b24-15+. The lowest BCUT2D eigenvalue weighted by molar-refractivity contribution is 0.0314. The summed E-state index contributed by atoms with van der Waals surface area (Å²) in [6.45, 7) is 6.45. The predicted molar refractivity (Wildman–Crippen MR) is 166 cm³/mol. The van der Waals surface area contributed by atoms with Gasteiger partial charge in [-0.1, -0.05) is 36.1 Å². The molecular formula is C34H47NO7. The summed E-state index contributed by atoms with van der Waals surface area (Å²) in [5.41, 5.74) is 5.51. The number of hydrogen-bond donors (Lipinski definition) is 1. The normalized spacial score (nSPS) is 13.5. The zero-order chi connectivity index (χ0) is 30.5. The van der Waals surface area contributed by atoms with E-state index in [1.807, 2.05) is 18.2 Å². The Kier molecular flexibility index (Phi) is 13.2. The third kappa shape index (κ3) is 9.26. The number of allylic oxidation sites excluding steroid dienone is 4. The van der Waals surface area contributed by atoms with Crippen LogP contribution in [0.5, 0.6) is 23.0 Å². The molecule has 1 aliphatic rings. The van der Waals surface area contributed by atoms with Crippen molar-refractivity contribution in [1.29, 1.82) is 0 Å². The molecule has 8 nitrogen and oxygen atoms in total. The van der Waals surface area contributed by atoms with Gasteiger partial charge in [0.15, 0.2) is 25.1 Å². The summed E-state index contributed by atoms with van der Waals surface area (Å²) >= 11 is 0. The molecule has 2 aromatic carbocycles. The van der Waals surface area contributed by atoms with Crippen LogP contribution in [0.1, 0.15) is 86.7 Å². The zero-order valence-corrected chi connectivity index (χ0v) is 26.3. The van der Waals surface area contributed by atoms with E-state index in [0.29, 0.717) is 40.7 Å². The summed E-state index contributed by atoms with van der Waals surface area (Å²) in [7, 11) is 6.35. The average Bonchev–Trinajstić information content (AvgIpc) is 3.52. The molecule has 0 bridgehead atoms. The van der Waals surface area contributed by atoms with Gasteiger partial charge in [0.05, 0.1) is 19.9 Å². The van der Waals surface area contributed by atoms with E-state index in [9.17, 15) is 4.79 Å². The third-order valence-electron chi connectivity index (χ3n) is 7.43. The maximum absolute atomic E-state index is 13.9. The Bertz CT molecular complexity index is 1240. The summed E-state index contributed by atoms with van der Waals surface area (Å²) in [6, 6.07) is 7.29. The first-order chi connectivity index (χ1) is 20.3. The van der Waals surface area contributed by atoms with Crippen LogP contribution >= 0.6 is 0 Å². The van der Waals surface area contributed by atoms with Gasteiger partial charge in [-0.2, -0.15) is 0 Å². The van der Waals surface area contributed by atoms with Crippen molar-refractivity contribution in [3.05, 3.63) is 64.3 Å². The molecular weight excluding hydrogens is 534 g/mol. The van der Waals surface area contributed by atoms with E-state index >= 15 is 0 Å². The minimum absolute atomic E-state index is 0.0229. The average molecular weight is 582 g/mol. The predicted octanol–water partition coefficient (Wildman–Crippen LogP) is 7.81. The van der Waals surface area contributed by atoms with Crippen LogP contribution in [0.2, 0.25) is 0 Å². The molecule has 1 N–H and O–H groups in total. The second kappa shape index (κ2) is 16.8. The van der Waals surface area contributed by atoms with Crippen LogP contribution < -0.4 is 24.3 Å². The molecule has 230 valence electrons. The fraction of sp³-hybridized carbons (Fsp3) is 0.500. The second-order valence-corrected chi connectivity index (χ2v) is 10.9. The quantitative estimate of drug-likeness (QED) is 0.160. The van der Waals surface area contributed by atoms with Crippen LogP contribution in [-0.4, -0.2) is 47.9 Å². The Hall–Kier alpha value is -3.49. The fourth-order valence-corrected chi connectivity index (χ4v) is 5.20. The van der Waals surface area contributed by atoms with Crippen molar-refractivity contribution >= 4 is 11.6 Å². The van der Waals surface area contributed by atoms with E-state index in [-0.39, 0.29) is 25.4 Å². The molecule has 42 heavy (non-hydrogen) atoms. The van der Waals surface area contributed by atoms with Gasteiger partial charge in [0, 0.05) is 43.0 Å². The number of benzene rings is 2. The Morgan fingerprint density at radius 2 is 1.60 bits per heavy atom. The minimum atomic E-state index is -0.268. The van der Waals surface area contributed by atoms with Crippen molar-refractivity contribution in [3.63, 3.8) is 0 Å². The number of nitrogens with one attached hydrogen (secondary N) is 1. The first kappa shape index (κ1) is 33.0. The van der Waals surface area contributed by atoms with Gasteiger partial charge in [0.2, 0.25) is 0 Å². The number of methoxy groups -OCH3 is 4. The van der Waals surface area contributed by atoms with Crippen LogP contribution in [0.25, 0.3) is 0 Å². The number of ether oxygens (including phenoxy) is 6. The van der Waals surface area contributed by atoms with Crippen molar-refractivity contribution in [2.24, 2.45) is 0 Å². The first-order valence-corrected chi connectivity index (χ1v) is 14.6. The molecule has 0 radical (unpaired) electrons. The third-order valence-corrected chi connectivity index (χ3v) is 7.43. The van der Waals surface area contributed by atoms with Crippen molar-refractivity contribution in [2.45, 2.75) is 71.6 Å². The van der Waals surface area contributed by atoms with E-state index in [1.165, 1.54) is 11.1 Å². The van der Waals surface area contributed by atoms with E-state index in [0.717, 1.165) is 49.7 Å². The van der Waals surface area contributed by atoms with Crippen LogP contribution in [0.15, 0.2) is 47.6 Å². The number of rotatable bonds is 16. The van der Waals surface area contributed by atoms with Gasteiger partial charge in [-0.05, 0) is 70.9 Å². The Morgan fingerprint density at radius 3 is 2.24 bits per heavy atom. The largest absolute Gasteiger partial charge is 0.497 e. The molecule has 0 saturated heterocycles. The highest BCUT2D eigenvalue weighted by molar-refractivity contribution is 6.05. The number of anilines is 1. The second-order valence-electron chi connectivity index (χ2n) is 10.9. The molecule has 0 atom stereocenters. The molecule has 1 amide bonds. The molecule has 0 unspecified atom stereocenters. The van der Waals surface area contributed by atoms with E-state index in [4.69, 9.17) is 28.4 Å². The molecule has 1 aliphatic carbocycles. The maximum Gasteiger partial charge on any atom is 0.255 e. The molecule has 1 fully saturated rings.